The van der Waals surface area contributed by atoms with Crippen molar-refractivity contribution in [3.8, 4) is 16.3 Å². The molecule has 1 aromatic heterocycles. The van der Waals surface area contributed by atoms with Gasteiger partial charge in [-0.25, -0.2) is 4.98 Å². The smallest absolute Gasteiger partial charge is 0.263 e. The van der Waals surface area contributed by atoms with Gasteiger partial charge in [-0.3, -0.25) is 4.79 Å². The summed E-state index contributed by atoms with van der Waals surface area (Å²) in [6, 6.07) is 14.1. The van der Waals surface area contributed by atoms with Crippen LogP contribution < -0.4 is 10.1 Å². The van der Waals surface area contributed by atoms with Crippen molar-refractivity contribution in [2.75, 3.05) is 6.61 Å². The minimum Gasteiger partial charge on any atom is -0.493 e. The number of aryl methyl sites for hydroxylation is 2. The molecule has 0 radical (unpaired) electrons. The first kappa shape index (κ1) is 16.8. The van der Waals surface area contributed by atoms with Gasteiger partial charge in [0.25, 0.3) is 5.91 Å². The molecular formula is C21H20N2O2S. The Morgan fingerprint density at radius 2 is 2.04 bits per heavy atom. The Morgan fingerprint density at radius 1 is 1.23 bits per heavy atom. The van der Waals surface area contributed by atoms with E-state index in [0.29, 0.717) is 11.5 Å². The van der Waals surface area contributed by atoms with Crippen LogP contribution in [0.2, 0.25) is 0 Å². The molecule has 1 atom stereocenters. The van der Waals surface area contributed by atoms with Gasteiger partial charge < -0.3 is 10.1 Å². The van der Waals surface area contributed by atoms with E-state index in [1.807, 2.05) is 37.3 Å². The van der Waals surface area contributed by atoms with Crippen molar-refractivity contribution >= 4 is 17.2 Å². The first-order chi connectivity index (χ1) is 12.6. The number of amides is 1. The lowest BCUT2D eigenvalue weighted by molar-refractivity contribution is 0.0928. The molecule has 1 aliphatic rings. The molecule has 26 heavy (non-hydrogen) atoms. The fourth-order valence-corrected chi connectivity index (χ4v) is 4.17. The van der Waals surface area contributed by atoms with Crippen LogP contribution in [0.25, 0.3) is 10.6 Å². The molecule has 0 bridgehead atoms. The quantitative estimate of drug-likeness (QED) is 0.734. The highest BCUT2D eigenvalue weighted by Gasteiger charge is 2.25. The van der Waals surface area contributed by atoms with Gasteiger partial charge in [0.2, 0.25) is 0 Å². The predicted molar refractivity (Wildman–Crippen MR) is 104 cm³/mol. The third-order valence-corrected chi connectivity index (χ3v) is 5.58. The Bertz CT molecular complexity index is 950. The Morgan fingerprint density at radius 3 is 2.85 bits per heavy atom. The third kappa shape index (κ3) is 3.22. The van der Waals surface area contributed by atoms with Crippen molar-refractivity contribution in [2.45, 2.75) is 26.3 Å². The van der Waals surface area contributed by atoms with Gasteiger partial charge in [-0.2, -0.15) is 0 Å². The van der Waals surface area contributed by atoms with Crippen LogP contribution in [-0.2, 0) is 0 Å². The first-order valence-electron chi connectivity index (χ1n) is 8.68. The number of hydrogen-bond acceptors (Lipinski definition) is 4. The summed E-state index contributed by atoms with van der Waals surface area (Å²) in [5, 5.41) is 4.02. The maximum absolute atomic E-state index is 12.8. The molecule has 4 nitrogen and oxygen atoms in total. The summed E-state index contributed by atoms with van der Waals surface area (Å²) in [6.07, 6.45) is 2.43. The van der Waals surface area contributed by atoms with Gasteiger partial charge in [0.05, 0.1) is 18.8 Å². The molecular weight excluding hydrogens is 344 g/mol. The number of benzene rings is 2. The standard InChI is InChI=1S/C21H20N2O2S/c1-13-10-14(2)19-16(11-13)17(8-9-25-19)23-20(24)18-12-22-21(26-18)15-6-4-3-5-7-15/h3-7,10-12,17H,8-9H2,1-2H3,(H,23,24). The summed E-state index contributed by atoms with van der Waals surface area (Å²) in [7, 11) is 0. The molecule has 0 saturated heterocycles. The second-order valence-corrected chi connectivity index (χ2v) is 7.59. The number of hydrogen-bond donors (Lipinski definition) is 1. The number of nitrogens with zero attached hydrogens (tertiary/aromatic N) is 1. The lowest BCUT2D eigenvalue weighted by Crippen LogP contribution is -2.32. The molecule has 4 rings (SSSR count). The van der Waals surface area contributed by atoms with Crippen molar-refractivity contribution < 1.29 is 9.53 Å². The lowest BCUT2D eigenvalue weighted by atomic mass is 9.95. The van der Waals surface area contributed by atoms with Crippen molar-refractivity contribution in [3.63, 3.8) is 0 Å². The second kappa shape index (κ2) is 6.92. The monoisotopic (exact) mass is 364 g/mol. The summed E-state index contributed by atoms with van der Waals surface area (Å²) in [4.78, 5) is 17.8. The average molecular weight is 364 g/mol. The minimum absolute atomic E-state index is 0.0351. The molecule has 2 aromatic carbocycles. The largest absolute Gasteiger partial charge is 0.493 e. The van der Waals surface area contributed by atoms with E-state index in [-0.39, 0.29) is 11.9 Å². The molecule has 1 amide bonds. The van der Waals surface area contributed by atoms with E-state index in [1.165, 1.54) is 16.9 Å². The molecule has 1 N–H and O–H groups in total. The number of rotatable bonds is 3. The van der Waals surface area contributed by atoms with Gasteiger partial charge in [-0.15, -0.1) is 11.3 Å². The fraction of sp³-hybridized carbons (Fsp3) is 0.238. The Hall–Kier alpha value is -2.66. The van der Waals surface area contributed by atoms with Crippen LogP contribution in [0.3, 0.4) is 0 Å². The second-order valence-electron chi connectivity index (χ2n) is 6.56. The van der Waals surface area contributed by atoms with Crippen LogP contribution in [0.4, 0.5) is 0 Å². The zero-order valence-electron chi connectivity index (χ0n) is 14.8. The van der Waals surface area contributed by atoms with Crippen LogP contribution >= 0.6 is 11.3 Å². The van der Waals surface area contributed by atoms with E-state index in [9.17, 15) is 4.79 Å². The minimum atomic E-state index is -0.0818. The van der Waals surface area contributed by atoms with E-state index < -0.39 is 0 Å². The average Bonchev–Trinajstić information content (AvgIpc) is 3.13. The van der Waals surface area contributed by atoms with E-state index in [0.717, 1.165) is 33.9 Å². The van der Waals surface area contributed by atoms with Crippen molar-refractivity contribution in [1.82, 2.24) is 10.3 Å². The van der Waals surface area contributed by atoms with Crippen LogP contribution in [0.15, 0.2) is 48.7 Å². The number of aromatic nitrogens is 1. The summed E-state index contributed by atoms with van der Waals surface area (Å²) in [5.74, 6) is 0.822. The molecule has 1 unspecified atom stereocenters. The van der Waals surface area contributed by atoms with E-state index in [4.69, 9.17) is 4.74 Å². The molecule has 0 fully saturated rings. The van der Waals surface area contributed by atoms with Gasteiger partial charge in [-0.05, 0) is 19.4 Å². The van der Waals surface area contributed by atoms with Crippen LogP contribution in [0, 0.1) is 13.8 Å². The normalized spacial score (nSPS) is 15.8. The number of thiazole rings is 1. The molecule has 3 aromatic rings. The van der Waals surface area contributed by atoms with E-state index >= 15 is 0 Å². The Kier molecular flexibility index (Phi) is 4.47. The fourth-order valence-electron chi connectivity index (χ4n) is 3.35. The zero-order valence-corrected chi connectivity index (χ0v) is 15.6. The summed E-state index contributed by atoms with van der Waals surface area (Å²) in [6.45, 7) is 4.72. The highest BCUT2D eigenvalue weighted by Crippen LogP contribution is 2.36. The Balaban J connectivity index is 1.56. The molecule has 2 heterocycles. The molecule has 1 aliphatic heterocycles. The number of carbonyl (C=O) groups is 1. The molecule has 0 saturated carbocycles. The topological polar surface area (TPSA) is 51.2 Å². The molecule has 5 heteroatoms. The Labute approximate surface area is 156 Å². The van der Waals surface area contributed by atoms with Gasteiger partial charge in [0.1, 0.15) is 15.6 Å². The van der Waals surface area contributed by atoms with E-state index in [1.54, 1.807) is 6.20 Å². The van der Waals surface area contributed by atoms with Crippen molar-refractivity contribution in [1.29, 1.82) is 0 Å². The third-order valence-electron chi connectivity index (χ3n) is 4.53. The first-order valence-corrected chi connectivity index (χ1v) is 9.49. The molecule has 132 valence electrons. The molecule has 0 spiro atoms. The lowest BCUT2D eigenvalue weighted by Gasteiger charge is -2.28. The summed E-state index contributed by atoms with van der Waals surface area (Å²) < 4.78 is 5.83. The highest BCUT2D eigenvalue weighted by atomic mass is 32.1. The number of fused-ring (bicyclic) bond motifs is 1. The number of ether oxygens (including phenoxy) is 1. The van der Waals surface area contributed by atoms with Gasteiger partial charge >= 0.3 is 0 Å². The van der Waals surface area contributed by atoms with Crippen molar-refractivity contribution in [2.24, 2.45) is 0 Å². The van der Waals surface area contributed by atoms with Gasteiger partial charge in [0, 0.05) is 17.5 Å². The summed E-state index contributed by atoms with van der Waals surface area (Å²) >= 11 is 1.42. The summed E-state index contributed by atoms with van der Waals surface area (Å²) in [5.41, 5.74) is 4.38. The van der Waals surface area contributed by atoms with Crippen LogP contribution in [-0.4, -0.2) is 17.5 Å². The highest BCUT2D eigenvalue weighted by molar-refractivity contribution is 7.16. The number of nitrogens with one attached hydrogen (secondary N) is 1. The maximum atomic E-state index is 12.8. The predicted octanol–water partition coefficient (Wildman–Crippen LogP) is 4.68. The van der Waals surface area contributed by atoms with Crippen LogP contribution in [0.5, 0.6) is 5.75 Å². The molecule has 0 aliphatic carbocycles. The van der Waals surface area contributed by atoms with Gasteiger partial charge in [0.15, 0.2) is 0 Å². The van der Waals surface area contributed by atoms with Crippen LogP contribution in [0.1, 0.15) is 38.8 Å². The number of carbonyl (C=O) groups excluding carboxylic acids is 1. The maximum Gasteiger partial charge on any atom is 0.263 e. The zero-order chi connectivity index (χ0) is 18.1. The van der Waals surface area contributed by atoms with E-state index in [2.05, 4.69) is 29.4 Å². The van der Waals surface area contributed by atoms with Crippen molar-refractivity contribution in [3.05, 3.63) is 70.2 Å². The SMILES string of the molecule is Cc1cc(C)c2c(c1)C(NC(=O)c1cnc(-c3ccccc3)s1)CCO2. The van der Waals surface area contributed by atoms with Gasteiger partial charge in [-0.1, -0.05) is 48.0 Å².